The van der Waals surface area contributed by atoms with Crippen molar-refractivity contribution in [2.24, 2.45) is 11.8 Å². The minimum absolute atomic E-state index is 0.498. The minimum atomic E-state index is 0.498. The van der Waals surface area contributed by atoms with Crippen LogP contribution in [-0.4, -0.2) is 6.54 Å². The predicted molar refractivity (Wildman–Crippen MR) is 86.0 cm³/mol. The van der Waals surface area contributed by atoms with Gasteiger partial charge in [0.15, 0.2) is 0 Å². The van der Waals surface area contributed by atoms with Crippen molar-refractivity contribution in [2.75, 3.05) is 6.54 Å². The van der Waals surface area contributed by atoms with Crippen molar-refractivity contribution in [3.05, 3.63) is 34.9 Å². The highest BCUT2D eigenvalue weighted by Gasteiger charge is 2.19. The van der Waals surface area contributed by atoms with Crippen molar-refractivity contribution in [1.29, 1.82) is 0 Å². The molecule has 1 aromatic rings. The maximum atomic E-state index is 3.78. The third-order valence-corrected chi connectivity index (χ3v) is 5.38. The summed E-state index contributed by atoms with van der Waals surface area (Å²) in [4.78, 5) is 0. The Labute approximate surface area is 124 Å². The summed E-state index contributed by atoms with van der Waals surface area (Å²) < 4.78 is 0. The van der Waals surface area contributed by atoms with Gasteiger partial charge in [-0.2, -0.15) is 0 Å². The second kappa shape index (κ2) is 6.30. The fraction of sp³-hybridized carbons (Fsp3) is 0.684. The number of benzene rings is 1. The van der Waals surface area contributed by atoms with Gasteiger partial charge >= 0.3 is 0 Å². The Morgan fingerprint density at radius 3 is 2.85 bits per heavy atom. The highest BCUT2D eigenvalue weighted by molar-refractivity contribution is 5.36. The molecule has 3 unspecified atom stereocenters. The van der Waals surface area contributed by atoms with Gasteiger partial charge in [-0.1, -0.05) is 38.0 Å². The molecule has 1 fully saturated rings. The van der Waals surface area contributed by atoms with Crippen LogP contribution in [0.4, 0.5) is 0 Å². The van der Waals surface area contributed by atoms with Crippen LogP contribution in [-0.2, 0) is 12.8 Å². The van der Waals surface area contributed by atoms with Crippen LogP contribution in [0.15, 0.2) is 18.2 Å². The van der Waals surface area contributed by atoms with Gasteiger partial charge in [0.05, 0.1) is 0 Å². The molecule has 0 aromatic heterocycles. The second-order valence-electron chi connectivity index (χ2n) is 7.15. The molecule has 20 heavy (non-hydrogen) atoms. The molecule has 0 spiro atoms. The Bertz CT molecular complexity index is 451. The molecule has 1 heteroatoms. The van der Waals surface area contributed by atoms with E-state index in [4.69, 9.17) is 0 Å². The minimum Gasteiger partial charge on any atom is -0.310 e. The largest absolute Gasteiger partial charge is 0.310 e. The first kappa shape index (κ1) is 14.1. The third kappa shape index (κ3) is 3.25. The molecular formula is C19H29N. The average molecular weight is 271 g/mol. The molecule has 1 saturated carbocycles. The lowest BCUT2D eigenvalue weighted by Gasteiger charge is -2.28. The number of hydrogen-bond acceptors (Lipinski definition) is 1. The Balaban J connectivity index is 1.55. The molecule has 110 valence electrons. The van der Waals surface area contributed by atoms with Gasteiger partial charge in [-0.25, -0.2) is 0 Å². The summed E-state index contributed by atoms with van der Waals surface area (Å²) in [5, 5.41) is 3.78. The van der Waals surface area contributed by atoms with E-state index in [1.165, 1.54) is 57.1 Å². The second-order valence-corrected chi connectivity index (χ2v) is 7.15. The van der Waals surface area contributed by atoms with E-state index in [2.05, 4.69) is 37.4 Å². The lowest BCUT2D eigenvalue weighted by molar-refractivity contribution is 0.268. The van der Waals surface area contributed by atoms with Crippen LogP contribution in [0.25, 0.3) is 0 Å². The van der Waals surface area contributed by atoms with Crippen LogP contribution in [0.5, 0.6) is 0 Å². The van der Waals surface area contributed by atoms with Crippen LogP contribution in [0, 0.1) is 11.8 Å². The van der Waals surface area contributed by atoms with Crippen molar-refractivity contribution >= 4 is 0 Å². The molecule has 0 aliphatic heterocycles. The van der Waals surface area contributed by atoms with E-state index >= 15 is 0 Å². The molecular weight excluding hydrogens is 242 g/mol. The van der Waals surface area contributed by atoms with Crippen molar-refractivity contribution in [3.63, 3.8) is 0 Å². The first-order valence-corrected chi connectivity index (χ1v) is 8.57. The third-order valence-electron chi connectivity index (χ3n) is 5.38. The summed E-state index contributed by atoms with van der Waals surface area (Å²) >= 11 is 0. The highest BCUT2D eigenvalue weighted by Crippen LogP contribution is 2.29. The van der Waals surface area contributed by atoms with Crippen molar-refractivity contribution in [1.82, 2.24) is 5.32 Å². The lowest BCUT2D eigenvalue weighted by atomic mass is 9.82. The molecule has 1 nitrogen and oxygen atoms in total. The zero-order valence-electron chi connectivity index (χ0n) is 13.1. The van der Waals surface area contributed by atoms with E-state index < -0.39 is 0 Å². The van der Waals surface area contributed by atoms with Crippen LogP contribution in [0.2, 0.25) is 0 Å². The fourth-order valence-electron chi connectivity index (χ4n) is 4.07. The number of aryl methyl sites for hydroxylation is 2. The Morgan fingerprint density at radius 2 is 2.00 bits per heavy atom. The number of fused-ring (bicyclic) bond motifs is 1. The molecule has 1 aromatic carbocycles. The van der Waals surface area contributed by atoms with E-state index in [1.54, 1.807) is 11.1 Å². The summed E-state index contributed by atoms with van der Waals surface area (Å²) in [5.74, 6) is 1.83. The smallest absolute Gasteiger partial charge is 0.0292 e. The zero-order chi connectivity index (χ0) is 13.9. The standard InChI is InChI=1S/C19H29N/c1-14-5-3-6-16(11-14)13-20-15(2)18-10-9-17-7-4-8-19(17)12-18/h9-10,12,14-16,20H,3-8,11,13H2,1-2H3. The van der Waals surface area contributed by atoms with Crippen LogP contribution in [0.1, 0.15) is 68.7 Å². The van der Waals surface area contributed by atoms with Crippen molar-refractivity contribution in [2.45, 2.75) is 64.8 Å². The molecule has 0 heterocycles. The quantitative estimate of drug-likeness (QED) is 0.840. The number of hydrogen-bond donors (Lipinski definition) is 1. The van der Waals surface area contributed by atoms with E-state index in [1.807, 2.05) is 0 Å². The van der Waals surface area contributed by atoms with Crippen LogP contribution in [0.3, 0.4) is 0 Å². The van der Waals surface area contributed by atoms with E-state index in [9.17, 15) is 0 Å². The fourth-order valence-corrected chi connectivity index (χ4v) is 4.07. The van der Waals surface area contributed by atoms with Gasteiger partial charge in [-0.05, 0) is 74.1 Å². The summed E-state index contributed by atoms with van der Waals surface area (Å²) in [6.45, 7) is 5.93. The SMILES string of the molecule is CC1CCCC(CNC(C)c2ccc3c(c2)CCC3)C1. The van der Waals surface area contributed by atoms with E-state index in [0.29, 0.717) is 6.04 Å². The first-order valence-electron chi connectivity index (χ1n) is 8.57. The van der Waals surface area contributed by atoms with Gasteiger partial charge in [0.2, 0.25) is 0 Å². The molecule has 1 N–H and O–H groups in total. The molecule has 2 aliphatic rings. The lowest BCUT2D eigenvalue weighted by Crippen LogP contribution is -2.28. The summed E-state index contributed by atoms with van der Waals surface area (Å²) in [5.41, 5.74) is 4.67. The molecule has 3 atom stereocenters. The monoisotopic (exact) mass is 271 g/mol. The topological polar surface area (TPSA) is 12.0 Å². The Kier molecular flexibility index (Phi) is 4.45. The molecule has 0 radical (unpaired) electrons. The van der Waals surface area contributed by atoms with Gasteiger partial charge in [-0.15, -0.1) is 0 Å². The van der Waals surface area contributed by atoms with E-state index in [0.717, 1.165) is 11.8 Å². The van der Waals surface area contributed by atoms with Gasteiger partial charge in [0, 0.05) is 6.04 Å². The van der Waals surface area contributed by atoms with Crippen LogP contribution < -0.4 is 5.32 Å². The van der Waals surface area contributed by atoms with Crippen molar-refractivity contribution < 1.29 is 0 Å². The maximum absolute atomic E-state index is 3.78. The van der Waals surface area contributed by atoms with Gasteiger partial charge in [0.1, 0.15) is 0 Å². The molecule has 2 aliphatic carbocycles. The Morgan fingerprint density at radius 1 is 1.15 bits per heavy atom. The maximum Gasteiger partial charge on any atom is 0.0292 e. The summed E-state index contributed by atoms with van der Waals surface area (Å²) in [7, 11) is 0. The van der Waals surface area contributed by atoms with Gasteiger partial charge in [-0.3, -0.25) is 0 Å². The Hall–Kier alpha value is -0.820. The molecule has 3 rings (SSSR count). The summed E-state index contributed by atoms with van der Waals surface area (Å²) in [6.07, 6.45) is 9.64. The highest BCUT2D eigenvalue weighted by atomic mass is 14.9. The van der Waals surface area contributed by atoms with Gasteiger partial charge in [0.25, 0.3) is 0 Å². The molecule has 0 saturated heterocycles. The molecule has 0 bridgehead atoms. The van der Waals surface area contributed by atoms with Crippen molar-refractivity contribution in [3.8, 4) is 0 Å². The van der Waals surface area contributed by atoms with Gasteiger partial charge < -0.3 is 5.32 Å². The first-order chi connectivity index (χ1) is 9.72. The normalized spacial score (nSPS) is 27.3. The zero-order valence-corrected chi connectivity index (χ0v) is 13.1. The number of rotatable bonds is 4. The summed E-state index contributed by atoms with van der Waals surface area (Å²) in [6, 6.07) is 7.64. The predicted octanol–water partition coefficient (Wildman–Crippen LogP) is 4.65. The average Bonchev–Trinajstić information content (AvgIpc) is 2.92. The van der Waals surface area contributed by atoms with Crippen LogP contribution >= 0.6 is 0 Å². The number of nitrogens with one attached hydrogen (secondary N) is 1. The molecule has 0 amide bonds. The van der Waals surface area contributed by atoms with E-state index in [-0.39, 0.29) is 0 Å².